The number of hydrogen-bond donors (Lipinski definition) is 1. The molecule has 1 aromatic heterocycles. The molecule has 0 radical (unpaired) electrons. The zero-order chi connectivity index (χ0) is 19.2. The molecule has 138 valence electrons. The highest BCUT2D eigenvalue weighted by Gasteiger charge is 2.09. The van der Waals surface area contributed by atoms with Crippen LogP contribution >= 0.6 is 0 Å². The lowest BCUT2D eigenvalue weighted by Crippen LogP contribution is -2.22. The minimum Gasteiger partial charge on any atom is -0.493 e. The van der Waals surface area contributed by atoms with Crippen LogP contribution < -0.4 is 14.8 Å². The molecule has 0 aliphatic rings. The van der Waals surface area contributed by atoms with Crippen molar-refractivity contribution in [1.82, 2.24) is 10.3 Å². The largest absolute Gasteiger partial charge is 0.493 e. The number of carbonyl (C=O) groups is 1. The van der Waals surface area contributed by atoms with E-state index in [1.165, 1.54) is 0 Å². The number of aromatic nitrogens is 1. The average Bonchev–Trinajstić information content (AvgIpc) is 2.71. The van der Waals surface area contributed by atoms with E-state index >= 15 is 0 Å². The van der Waals surface area contributed by atoms with Crippen LogP contribution in [-0.2, 0) is 6.54 Å². The summed E-state index contributed by atoms with van der Waals surface area (Å²) in [6.45, 7) is 2.43. The van der Waals surface area contributed by atoms with E-state index in [-0.39, 0.29) is 5.91 Å². The van der Waals surface area contributed by atoms with Gasteiger partial charge in [-0.1, -0.05) is 18.2 Å². The van der Waals surface area contributed by atoms with Crippen molar-refractivity contribution in [3.05, 3.63) is 77.5 Å². The van der Waals surface area contributed by atoms with E-state index in [9.17, 15) is 4.79 Å². The third-order valence-electron chi connectivity index (χ3n) is 4.26. The van der Waals surface area contributed by atoms with Crippen LogP contribution in [0.15, 0.2) is 60.8 Å². The molecule has 27 heavy (non-hydrogen) atoms. The number of benzene rings is 2. The number of nitrogens with zero attached hydrogens (tertiary/aromatic N) is 1. The summed E-state index contributed by atoms with van der Waals surface area (Å²) in [4.78, 5) is 16.8. The van der Waals surface area contributed by atoms with Gasteiger partial charge in [0, 0.05) is 23.9 Å². The van der Waals surface area contributed by atoms with Gasteiger partial charge >= 0.3 is 0 Å². The minimum atomic E-state index is -0.131. The SMILES string of the molecule is COc1ccc(CNC(=O)c2ccc(-c3cc(C)ccn3)cc2)cc1OC. The molecule has 1 amide bonds. The summed E-state index contributed by atoms with van der Waals surface area (Å²) in [5, 5.41) is 2.92. The first-order valence-corrected chi connectivity index (χ1v) is 8.63. The highest BCUT2D eigenvalue weighted by Crippen LogP contribution is 2.27. The van der Waals surface area contributed by atoms with Gasteiger partial charge in [-0.2, -0.15) is 0 Å². The fourth-order valence-electron chi connectivity index (χ4n) is 2.76. The van der Waals surface area contributed by atoms with Gasteiger partial charge < -0.3 is 14.8 Å². The molecular weight excluding hydrogens is 340 g/mol. The van der Waals surface area contributed by atoms with Gasteiger partial charge in [0.2, 0.25) is 0 Å². The molecule has 5 heteroatoms. The number of amides is 1. The van der Waals surface area contributed by atoms with Gasteiger partial charge in [-0.3, -0.25) is 9.78 Å². The molecular formula is C22H22N2O3. The van der Waals surface area contributed by atoms with Crippen LogP contribution in [0.2, 0.25) is 0 Å². The molecule has 0 saturated heterocycles. The second kappa shape index (κ2) is 8.36. The minimum absolute atomic E-state index is 0.131. The Morgan fingerprint density at radius 3 is 2.37 bits per heavy atom. The Balaban J connectivity index is 1.66. The summed E-state index contributed by atoms with van der Waals surface area (Å²) in [6, 6.07) is 17.0. The van der Waals surface area contributed by atoms with Crippen molar-refractivity contribution in [2.24, 2.45) is 0 Å². The maximum Gasteiger partial charge on any atom is 0.251 e. The summed E-state index contributed by atoms with van der Waals surface area (Å²) < 4.78 is 10.5. The number of carbonyl (C=O) groups excluding carboxylic acids is 1. The Kier molecular flexibility index (Phi) is 5.71. The zero-order valence-corrected chi connectivity index (χ0v) is 15.7. The molecule has 0 fully saturated rings. The van der Waals surface area contributed by atoms with Gasteiger partial charge in [-0.05, 0) is 54.4 Å². The Bertz CT molecular complexity index is 937. The molecule has 1 N–H and O–H groups in total. The van der Waals surface area contributed by atoms with E-state index in [1.807, 2.05) is 61.5 Å². The Hall–Kier alpha value is -3.34. The first-order chi connectivity index (χ1) is 13.1. The number of aryl methyl sites for hydroxylation is 1. The van der Waals surface area contributed by atoms with E-state index in [0.29, 0.717) is 23.6 Å². The van der Waals surface area contributed by atoms with E-state index < -0.39 is 0 Å². The van der Waals surface area contributed by atoms with Crippen LogP contribution in [0.3, 0.4) is 0 Å². The summed E-state index contributed by atoms with van der Waals surface area (Å²) in [6.07, 6.45) is 1.79. The first kappa shape index (κ1) is 18.5. The molecule has 5 nitrogen and oxygen atoms in total. The molecule has 0 atom stereocenters. The predicted molar refractivity (Wildman–Crippen MR) is 105 cm³/mol. The van der Waals surface area contributed by atoms with Gasteiger partial charge in [-0.25, -0.2) is 0 Å². The number of hydrogen-bond acceptors (Lipinski definition) is 4. The maximum absolute atomic E-state index is 12.4. The third-order valence-corrected chi connectivity index (χ3v) is 4.26. The van der Waals surface area contributed by atoms with E-state index in [2.05, 4.69) is 10.3 Å². The van der Waals surface area contributed by atoms with Crippen molar-refractivity contribution in [2.45, 2.75) is 13.5 Å². The van der Waals surface area contributed by atoms with Gasteiger partial charge in [0.05, 0.1) is 19.9 Å². The van der Waals surface area contributed by atoms with Crippen LogP contribution in [0.1, 0.15) is 21.5 Å². The van der Waals surface area contributed by atoms with Gasteiger partial charge in [0.1, 0.15) is 0 Å². The van der Waals surface area contributed by atoms with Crippen LogP contribution in [0, 0.1) is 6.92 Å². The normalized spacial score (nSPS) is 10.3. The van der Waals surface area contributed by atoms with Gasteiger partial charge in [-0.15, -0.1) is 0 Å². The zero-order valence-electron chi connectivity index (χ0n) is 15.7. The number of nitrogens with one attached hydrogen (secondary N) is 1. The van der Waals surface area contributed by atoms with Crippen molar-refractivity contribution in [3.8, 4) is 22.8 Å². The van der Waals surface area contributed by atoms with Crippen molar-refractivity contribution >= 4 is 5.91 Å². The van der Waals surface area contributed by atoms with E-state index in [1.54, 1.807) is 20.4 Å². The molecule has 3 aromatic rings. The summed E-state index contributed by atoms with van der Waals surface area (Å²) in [5.74, 6) is 1.17. The van der Waals surface area contributed by atoms with Gasteiger partial charge in [0.15, 0.2) is 11.5 Å². The number of pyridine rings is 1. The summed E-state index contributed by atoms with van der Waals surface area (Å²) in [5.41, 5.74) is 4.56. The topological polar surface area (TPSA) is 60.5 Å². The lowest BCUT2D eigenvalue weighted by atomic mass is 10.1. The predicted octanol–water partition coefficient (Wildman–Crippen LogP) is 4.00. The molecule has 0 aliphatic heterocycles. The van der Waals surface area contributed by atoms with E-state index in [4.69, 9.17) is 9.47 Å². The molecule has 1 heterocycles. The average molecular weight is 362 g/mol. The Morgan fingerprint density at radius 2 is 1.70 bits per heavy atom. The molecule has 3 rings (SSSR count). The van der Waals surface area contributed by atoms with Crippen LogP contribution in [0.4, 0.5) is 0 Å². The molecule has 2 aromatic carbocycles. The number of rotatable bonds is 6. The molecule has 0 bridgehead atoms. The van der Waals surface area contributed by atoms with Crippen molar-refractivity contribution in [3.63, 3.8) is 0 Å². The second-order valence-corrected chi connectivity index (χ2v) is 6.17. The molecule has 0 saturated carbocycles. The lowest BCUT2D eigenvalue weighted by molar-refractivity contribution is 0.0951. The first-order valence-electron chi connectivity index (χ1n) is 8.63. The molecule has 0 aliphatic carbocycles. The van der Waals surface area contributed by atoms with E-state index in [0.717, 1.165) is 22.4 Å². The van der Waals surface area contributed by atoms with Gasteiger partial charge in [0.25, 0.3) is 5.91 Å². The van der Waals surface area contributed by atoms with Crippen LogP contribution in [0.25, 0.3) is 11.3 Å². The Labute approximate surface area is 159 Å². The lowest BCUT2D eigenvalue weighted by Gasteiger charge is -2.10. The third kappa shape index (κ3) is 4.44. The maximum atomic E-state index is 12.4. The summed E-state index contributed by atoms with van der Waals surface area (Å²) in [7, 11) is 3.18. The highest BCUT2D eigenvalue weighted by molar-refractivity contribution is 5.94. The standard InChI is InChI=1S/C22H22N2O3/c1-15-10-11-23-19(12-15)17-5-7-18(8-6-17)22(25)24-14-16-4-9-20(26-2)21(13-16)27-3/h4-13H,14H2,1-3H3,(H,24,25). The molecule has 0 spiro atoms. The quantitative estimate of drug-likeness (QED) is 0.720. The second-order valence-electron chi connectivity index (χ2n) is 6.17. The monoisotopic (exact) mass is 362 g/mol. The van der Waals surface area contributed by atoms with Crippen LogP contribution in [-0.4, -0.2) is 25.1 Å². The number of ether oxygens (including phenoxy) is 2. The van der Waals surface area contributed by atoms with Crippen molar-refractivity contribution in [2.75, 3.05) is 14.2 Å². The van der Waals surface area contributed by atoms with Crippen LogP contribution in [0.5, 0.6) is 11.5 Å². The van der Waals surface area contributed by atoms with Crippen molar-refractivity contribution in [1.29, 1.82) is 0 Å². The fourth-order valence-corrected chi connectivity index (χ4v) is 2.76. The Morgan fingerprint density at radius 1 is 0.963 bits per heavy atom. The number of methoxy groups -OCH3 is 2. The fraction of sp³-hybridized carbons (Fsp3) is 0.182. The molecule has 0 unspecified atom stereocenters. The highest BCUT2D eigenvalue weighted by atomic mass is 16.5. The smallest absolute Gasteiger partial charge is 0.251 e. The van der Waals surface area contributed by atoms with Crippen molar-refractivity contribution < 1.29 is 14.3 Å². The summed E-state index contributed by atoms with van der Waals surface area (Å²) >= 11 is 0.